The van der Waals surface area contributed by atoms with Gasteiger partial charge in [0.15, 0.2) is 0 Å². The second-order valence-electron chi connectivity index (χ2n) is 4.88. The van der Waals surface area contributed by atoms with Gasteiger partial charge in [-0.3, -0.25) is 0 Å². The number of halogens is 1. The zero-order valence-corrected chi connectivity index (χ0v) is 11.9. The van der Waals surface area contributed by atoms with Gasteiger partial charge in [-0.15, -0.1) is 0 Å². The lowest BCUT2D eigenvalue weighted by atomic mass is 10.2. The molecule has 4 nitrogen and oxygen atoms in total. The van der Waals surface area contributed by atoms with Crippen LogP contribution in [0.3, 0.4) is 0 Å². The Balaban J connectivity index is 2.21. The molecule has 0 N–H and O–H groups in total. The molecule has 1 aromatic rings. The van der Waals surface area contributed by atoms with Crippen molar-refractivity contribution in [1.82, 2.24) is 9.97 Å². The van der Waals surface area contributed by atoms with E-state index < -0.39 is 0 Å². The summed E-state index contributed by atoms with van der Waals surface area (Å²) in [7, 11) is 0. The third kappa shape index (κ3) is 3.33. The highest BCUT2D eigenvalue weighted by Crippen LogP contribution is 2.21. The van der Waals surface area contributed by atoms with Gasteiger partial charge in [-0.25, -0.2) is 9.97 Å². The Morgan fingerprint density at radius 2 is 2.00 bits per heavy atom. The average molecular weight is 270 g/mol. The molecular formula is C13H20ClN3O. The largest absolute Gasteiger partial charge is 0.372 e. The predicted molar refractivity (Wildman–Crippen MR) is 73.3 cm³/mol. The van der Waals surface area contributed by atoms with Crippen molar-refractivity contribution in [3.63, 3.8) is 0 Å². The van der Waals surface area contributed by atoms with Crippen LogP contribution < -0.4 is 4.90 Å². The van der Waals surface area contributed by atoms with Crippen LogP contribution >= 0.6 is 11.6 Å². The van der Waals surface area contributed by atoms with Gasteiger partial charge in [0.2, 0.25) is 0 Å². The van der Waals surface area contributed by atoms with E-state index in [9.17, 15) is 0 Å². The van der Waals surface area contributed by atoms with E-state index in [1.54, 1.807) is 0 Å². The lowest BCUT2D eigenvalue weighted by Gasteiger charge is -2.36. The van der Waals surface area contributed by atoms with Crippen LogP contribution in [0.25, 0.3) is 0 Å². The zero-order chi connectivity index (χ0) is 13.1. The SMILES string of the molecule is CCCc1nc(Cl)cc(N2CC(C)OC(C)C2)n1. The highest BCUT2D eigenvalue weighted by molar-refractivity contribution is 6.29. The quantitative estimate of drug-likeness (QED) is 0.791. The number of hydrogen-bond donors (Lipinski definition) is 0. The monoisotopic (exact) mass is 269 g/mol. The summed E-state index contributed by atoms with van der Waals surface area (Å²) in [6, 6.07) is 1.84. The minimum absolute atomic E-state index is 0.220. The molecule has 2 rings (SSSR count). The number of aromatic nitrogens is 2. The third-order valence-electron chi connectivity index (χ3n) is 2.94. The van der Waals surface area contributed by atoms with Gasteiger partial charge in [-0.05, 0) is 20.3 Å². The van der Waals surface area contributed by atoms with Crippen molar-refractivity contribution < 1.29 is 4.74 Å². The zero-order valence-electron chi connectivity index (χ0n) is 11.2. The first-order chi connectivity index (χ1) is 8.58. The first-order valence-corrected chi connectivity index (χ1v) is 6.90. The van der Waals surface area contributed by atoms with Gasteiger partial charge in [-0.1, -0.05) is 18.5 Å². The summed E-state index contributed by atoms with van der Waals surface area (Å²) in [5.41, 5.74) is 0. The van der Waals surface area contributed by atoms with Crippen LogP contribution in [0, 0.1) is 0 Å². The van der Waals surface area contributed by atoms with Crippen molar-refractivity contribution in [3.05, 3.63) is 17.0 Å². The van der Waals surface area contributed by atoms with E-state index >= 15 is 0 Å². The standard InChI is InChI=1S/C13H20ClN3O/c1-4-5-12-15-11(14)6-13(16-12)17-7-9(2)18-10(3)8-17/h6,9-10H,4-5,7-8H2,1-3H3. The summed E-state index contributed by atoms with van der Waals surface area (Å²) in [6.45, 7) is 7.98. The molecule has 2 atom stereocenters. The lowest BCUT2D eigenvalue weighted by Crippen LogP contribution is -2.46. The maximum absolute atomic E-state index is 6.07. The second kappa shape index (κ2) is 5.85. The van der Waals surface area contributed by atoms with Crippen molar-refractivity contribution >= 4 is 17.4 Å². The van der Waals surface area contributed by atoms with E-state index in [0.717, 1.165) is 37.6 Å². The molecule has 1 aliphatic rings. The Labute approximate surface area is 113 Å². The van der Waals surface area contributed by atoms with Crippen LogP contribution in [-0.2, 0) is 11.2 Å². The highest BCUT2D eigenvalue weighted by atomic mass is 35.5. The average Bonchev–Trinajstić information content (AvgIpc) is 2.27. The molecule has 1 aromatic heterocycles. The van der Waals surface area contributed by atoms with Crippen LogP contribution in [0.4, 0.5) is 5.82 Å². The predicted octanol–water partition coefficient (Wildman–Crippen LogP) is 2.70. The van der Waals surface area contributed by atoms with Crippen molar-refractivity contribution in [2.45, 2.75) is 45.8 Å². The number of hydrogen-bond acceptors (Lipinski definition) is 4. The Hall–Kier alpha value is -0.870. The van der Waals surface area contributed by atoms with Gasteiger partial charge < -0.3 is 9.64 Å². The summed E-state index contributed by atoms with van der Waals surface area (Å²) < 4.78 is 5.73. The minimum Gasteiger partial charge on any atom is -0.372 e. The highest BCUT2D eigenvalue weighted by Gasteiger charge is 2.23. The van der Waals surface area contributed by atoms with Crippen LogP contribution in [0.5, 0.6) is 0 Å². The fourth-order valence-corrected chi connectivity index (χ4v) is 2.51. The Bertz CT molecular complexity index is 403. The second-order valence-corrected chi connectivity index (χ2v) is 5.26. The normalized spacial score (nSPS) is 24.3. The number of rotatable bonds is 3. The van der Waals surface area contributed by atoms with E-state index in [-0.39, 0.29) is 12.2 Å². The molecule has 1 saturated heterocycles. The number of aryl methyl sites for hydroxylation is 1. The van der Waals surface area contributed by atoms with Crippen LogP contribution in [0.1, 0.15) is 33.0 Å². The maximum atomic E-state index is 6.07. The number of morpholine rings is 1. The first-order valence-electron chi connectivity index (χ1n) is 6.52. The number of ether oxygens (including phenoxy) is 1. The molecule has 0 spiro atoms. The van der Waals surface area contributed by atoms with Crippen LogP contribution in [0.15, 0.2) is 6.07 Å². The molecule has 0 radical (unpaired) electrons. The van der Waals surface area contributed by atoms with Gasteiger partial charge >= 0.3 is 0 Å². The molecule has 1 aliphatic heterocycles. The van der Waals surface area contributed by atoms with Gasteiger partial charge in [0, 0.05) is 25.6 Å². The summed E-state index contributed by atoms with van der Waals surface area (Å²) >= 11 is 6.07. The first kappa shape index (κ1) is 13.6. The molecule has 0 amide bonds. The molecule has 0 aromatic carbocycles. The molecule has 2 heterocycles. The van der Waals surface area contributed by atoms with Crippen molar-refractivity contribution in [2.75, 3.05) is 18.0 Å². The van der Waals surface area contributed by atoms with Gasteiger partial charge in [0.05, 0.1) is 12.2 Å². The summed E-state index contributed by atoms with van der Waals surface area (Å²) in [5, 5.41) is 0.523. The summed E-state index contributed by atoms with van der Waals surface area (Å²) in [6.07, 6.45) is 2.33. The molecule has 5 heteroatoms. The van der Waals surface area contributed by atoms with Gasteiger partial charge in [-0.2, -0.15) is 0 Å². The van der Waals surface area contributed by atoms with E-state index in [1.165, 1.54) is 0 Å². The molecule has 100 valence electrons. The Morgan fingerprint density at radius 3 is 2.61 bits per heavy atom. The molecule has 0 bridgehead atoms. The van der Waals surface area contributed by atoms with E-state index in [2.05, 4.69) is 35.6 Å². The van der Waals surface area contributed by atoms with Gasteiger partial charge in [0.25, 0.3) is 0 Å². The third-order valence-corrected chi connectivity index (χ3v) is 3.14. The van der Waals surface area contributed by atoms with E-state index in [4.69, 9.17) is 16.3 Å². The molecule has 0 saturated carbocycles. The van der Waals surface area contributed by atoms with Crippen LogP contribution in [-0.4, -0.2) is 35.3 Å². The smallest absolute Gasteiger partial charge is 0.134 e. The maximum Gasteiger partial charge on any atom is 0.134 e. The summed E-state index contributed by atoms with van der Waals surface area (Å²) in [4.78, 5) is 11.1. The molecule has 1 fully saturated rings. The summed E-state index contributed by atoms with van der Waals surface area (Å²) in [5.74, 6) is 1.74. The number of nitrogens with zero attached hydrogens (tertiary/aromatic N) is 3. The minimum atomic E-state index is 0.220. The fourth-order valence-electron chi connectivity index (χ4n) is 2.31. The Morgan fingerprint density at radius 1 is 1.33 bits per heavy atom. The molecule has 0 aliphatic carbocycles. The molecule has 18 heavy (non-hydrogen) atoms. The van der Waals surface area contributed by atoms with E-state index in [0.29, 0.717) is 5.15 Å². The van der Waals surface area contributed by atoms with Crippen molar-refractivity contribution in [3.8, 4) is 0 Å². The Kier molecular flexibility index (Phi) is 4.40. The topological polar surface area (TPSA) is 38.2 Å². The van der Waals surface area contributed by atoms with Crippen molar-refractivity contribution in [2.24, 2.45) is 0 Å². The molecule has 2 unspecified atom stereocenters. The van der Waals surface area contributed by atoms with Crippen molar-refractivity contribution in [1.29, 1.82) is 0 Å². The van der Waals surface area contributed by atoms with E-state index in [1.807, 2.05) is 6.07 Å². The van der Waals surface area contributed by atoms with Crippen LogP contribution in [0.2, 0.25) is 5.15 Å². The molecular weight excluding hydrogens is 250 g/mol. The van der Waals surface area contributed by atoms with Gasteiger partial charge in [0.1, 0.15) is 16.8 Å². The number of anilines is 1. The lowest BCUT2D eigenvalue weighted by molar-refractivity contribution is -0.00547. The fraction of sp³-hybridized carbons (Fsp3) is 0.692.